The molecule has 0 saturated carbocycles. The number of carbonyl (C=O) groups is 1. The summed E-state index contributed by atoms with van der Waals surface area (Å²) in [6.07, 6.45) is 0. The van der Waals surface area contributed by atoms with Gasteiger partial charge in [0.15, 0.2) is 0 Å². The quantitative estimate of drug-likeness (QED) is 0.870. The highest BCUT2D eigenvalue weighted by Crippen LogP contribution is 2.26. The third-order valence-corrected chi connectivity index (χ3v) is 2.61. The highest BCUT2D eigenvalue weighted by Gasteiger charge is 2.11. The van der Waals surface area contributed by atoms with Gasteiger partial charge >= 0.3 is 5.97 Å². The molecule has 1 aromatic rings. The van der Waals surface area contributed by atoms with E-state index in [-0.39, 0.29) is 5.56 Å². The summed E-state index contributed by atoms with van der Waals surface area (Å²) < 4.78 is 5.69. The number of aromatic carboxylic acids is 1. The van der Waals surface area contributed by atoms with Crippen LogP contribution in [0.4, 0.5) is 0 Å². The van der Waals surface area contributed by atoms with E-state index in [0.717, 1.165) is 4.47 Å². The van der Waals surface area contributed by atoms with E-state index in [2.05, 4.69) is 15.9 Å². The van der Waals surface area contributed by atoms with Crippen LogP contribution in [0.5, 0.6) is 5.75 Å². The van der Waals surface area contributed by atoms with Gasteiger partial charge in [-0.05, 0) is 24.6 Å². The van der Waals surface area contributed by atoms with Gasteiger partial charge in [-0.1, -0.05) is 15.9 Å². The third kappa shape index (κ3) is 2.01. The Morgan fingerprint density at radius 2 is 2.15 bits per heavy atom. The summed E-state index contributed by atoms with van der Waals surface area (Å²) in [5.41, 5.74) is 0.958. The van der Waals surface area contributed by atoms with Crippen LogP contribution in [0.3, 0.4) is 0 Å². The summed E-state index contributed by atoms with van der Waals surface area (Å²) in [5, 5.41) is 8.83. The third-order valence-electron chi connectivity index (χ3n) is 1.78. The maximum atomic E-state index is 10.8. The highest BCUT2D eigenvalue weighted by atomic mass is 79.9. The van der Waals surface area contributed by atoms with Gasteiger partial charge in [0.25, 0.3) is 0 Å². The summed E-state index contributed by atoms with van der Waals surface area (Å²) in [6, 6.07) is 3.24. The zero-order valence-electron chi connectivity index (χ0n) is 7.30. The summed E-state index contributed by atoms with van der Waals surface area (Å²) in [7, 11) is 1.50. The molecular weight excluding hydrogens is 236 g/mol. The smallest absolute Gasteiger partial charge is 0.336 e. The number of hydrogen-bond acceptors (Lipinski definition) is 2. The van der Waals surface area contributed by atoms with E-state index in [1.54, 1.807) is 13.0 Å². The van der Waals surface area contributed by atoms with Crippen molar-refractivity contribution in [3.63, 3.8) is 0 Å². The standard InChI is InChI=1S/C9H9BrO3/c1-5-7(9(11)12)3-6(13-2)4-8(5)10/h3-4H,1-2H3,(H,11,12). The topological polar surface area (TPSA) is 46.5 Å². The zero-order valence-corrected chi connectivity index (χ0v) is 8.88. The fourth-order valence-corrected chi connectivity index (χ4v) is 1.43. The normalized spacial score (nSPS) is 9.77. The molecule has 0 radical (unpaired) electrons. The van der Waals surface area contributed by atoms with Crippen molar-refractivity contribution >= 4 is 21.9 Å². The van der Waals surface area contributed by atoms with Crippen LogP contribution in [0.1, 0.15) is 15.9 Å². The van der Waals surface area contributed by atoms with E-state index in [4.69, 9.17) is 9.84 Å². The van der Waals surface area contributed by atoms with Gasteiger partial charge in [0, 0.05) is 4.47 Å². The molecule has 0 aromatic heterocycles. The molecule has 4 heteroatoms. The van der Waals surface area contributed by atoms with Crippen LogP contribution >= 0.6 is 15.9 Å². The molecule has 0 aliphatic heterocycles. The van der Waals surface area contributed by atoms with Gasteiger partial charge < -0.3 is 9.84 Å². The Morgan fingerprint density at radius 3 is 2.62 bits per heavy atom. The van der Waals surface area contributed by atoms with Crippen LogP contribution in [-0.4, -0.2) is 18.2 Å². The Morgan fingerprint density at radius 1 is 1.54 bits per heavy atom. The van der Waals surface area contributed by atoms with Crippen molar-refractivity contribution in [3.05, 3.63) is 27.7 Å². The molecule has 0 bridgehead atoms. The number of rotatable bonds is 2. The van der Waals surface area contributed by atoms with Crippen molar-refractivity contribution < 1.29 is 14.6 Å². The molecule has 0 aliphatic carbocycles. The average Bonchev–Trinajstić information content (AvgIpc) is 2.09. The van der Waals surface area contributed by atoms with Crippen LogP contribution in [0.2, 0.25) is 0 Å². The molecule has 70 valence electrons. The zero-order chi connectivity index (χ0) is 10.0. The fourth-order valence-electron chi connectivity index (χ4n) is 0.994. The highest BCUT2D eigenvalue weighted by molar-refractivity contribution is 9.10. The maximum Gasteiger partial charge on any atom is 0.336 e. The SMILES string of the molecule is COc1cc(Br)c(C)c(C(=O)O)c1. The molecule has 0 aliphatic rings. The second-order valence-corrected chi connectivity index (χ2v) is 3.44. The number of carboxylic acid groups (broad SMARTS) is 1. The molecule has 13 heavy (non-hydrogen) atoms. The molecule has 0 heterocycles. The molecule has 0 spiro atoms. The summed E-state index contributed by atoms with van der Waals surface area (Å²) in [4.78, 5) is 10.8. The van der Waals surface area contributed by atoms with Crippen molar-refractivity contribution in [1.29, 1.82) is 0 Å². The Bertz CT molecular complexity index is 347. The number of ether oxygens (including phenoxy) is 1. The predicted molar refractivity (Wildman–Crippen MR) is 52.4 cm³/mol. The average molecular weight is 245 g/mol. The fraction of sp³-hybridized carbons (Fsp3) is 0.222. The van der Waals surface area contributed by atoms with Crippen LogP contribution in [-0.2, 0) is 0 Å². The molecule has 3 nitrogen and oxygen atoms in total. The molecule has 0 amide bonds. The Hall–Kier alpha value is -1.03. The molecule has 1 rings (SSSR count). The number of methoxy groups -OCH3 is 1. The lowest BCUT2D eigenvalue weighted by Gasteiger charge is -2.06. The van der Waals surface area contributed by atoms with Gasteiger partial charge in [-0.2, -0.15) is 0 Å². The van der Waals surface area contributed by atoms with Crippen LogP contribution < -0.4 is 4.74 Å². The minimum atomic E-state index is -0.947. The van der Waals surface area contributed by atoms with E-state index in [1.165, 1.54) is 13.2 Å². The lowest BCUT2D eigenvalue weighted by atomic mass is 10.1. The number of benzene rings is 1. The summed E-state index contributed by atoms with van der Waals surface area (Å²) in [5.74, 6) is -0.410. The monoisotopic (exact) mass is 244 g/mol. The van der Waals surface area contributed by atoms with E-state index in [1.807, 2.05) is 0 Å². The predicted octanol–water partition coefficient (Wildman–Crippen LogP) is 2.46. The first-order valence-electron chi connectivity index (χ1n) is 3.63. The van der Waals surface area contributed by atoms with Crippen molar-refractivity contribution in [2.24, 2.45) is 0 Å². The molecular formula is C9H9BrO3. The Labute approximate surface area is 84.5 Å². The van der Waals surface area contributed by atoms with Crippen LogP contribution in [0, 0.1) is 6.92 Å². The van der Waals surface area contributed by atoms with E-state index < -0.39 is 5.97 Å². The Balaban J connectivity index is 3.33. The second-order valence-electron chi connectivity index (χ2n) is 2.59. The molecule has 1 N–H and O–H groups in total. The summed E-state index contributed by atoms with van der Waals surface area (Å²) >= 11 is 3.26. The second kappa shape index (κ2) is 3.79. The first-order valence-corrected chi connectivity index (χ1v) is 4.43. The largest absolute Gasteiger partial charge is 0.497 e. The minimum absolute atomic E-state index is 0.256. The van der Waals surface area contributed by atoms with E-state index >= 15 is 0 Å². The first kappa shape index (κ1) is 10.1. The molecule has 0 saturated heterocycles. The van der Waals surface area contributed by atoms with Gasteiger partial charge in [0.1, 0.15) is 5.75 Å². The maximum absolute atomic E-state index is 10.8. The van der Waals surface area contributed by atoms with Gasteiger partial charge in [-0.25, -0.2) is 4.79 Å². The van der Waals surface area contributed by atoms with Gasteiger partial charge in [0.05, 0.1) is 12.7 Å². The summed E-state index contributed by atoms with van der Waals surface area (Å²) in [6.45, 7) is 1.74. The first-order chi connectivity index (χ1) is 6.06. The van der Waals surface area contributed by atoms with Crippen LogP contribution in [0.25, 0.3) is 0 Å². The molecule has 0 unspecified atom stereocenters. The lowest BCUT2D eigenvalue weighted by Crippen LogP contribution is -2.01. The van der Waals surface area contributed by atoms with Crippen molar-refractivity contribution in [1.82, 2.24) is 0 Å². The van der Waals surface area contributed by atoms with Gasteiger partial charge in [-0.3, -0.25) is 0 Å². The van der Waals surface area contributed by atoms with Crippen molar-refractivity contribution in [2.75, 3.05) is 7.11 Å². The molecule has 1 aromatic carbocycles. The van der Waals surface area contributed by atoms with Gasteiger partial charge in [-0.15, -0.1) is 0 Å². The van der Waals surface area contributed by atoms with Crippen molar-refractivity contribution in [2.45, 2.75) is 6.92 Å². The van der Waals surface area contributed by atoms with Crippen LogP contribution in [0.15, 0.2) is 16.6 Å². The lowest BCUT2D eigenvalue weighted by molar-refractivity contribution is 0.0695. The number of carboxylic acids is 1. The molecule has 0 fully saturated rings. The number of hydrogen-bond donors (Lipinski definition) is 1. The van der Waals surface area contributed by atoms with E-state index in [0.29, 0.717) is 11.3 Å². The van der Waals surface area contributed by atoms with Crippen molar-refractivity contribution in [3.8, 4) is 5.75 Å². The minimum Gasteiger partial charge on any atom is -0.497 e. The van der Waals surface area contributed by atoms with Gasteiger partial charge in [0.2, 0.25) is 0 Å². The Kier molecular flexibility index (Phi) is 2.93. The molecule has 0 atom stereocenters. The van der Waals surface area contributed by atoms with E-state index in [9.17, 15) is 4.79 Å². The number of halogens is 1.